The van der Waals surface area contributed by atoms with E-state index in [9.17, 15) is 13.2 Å². The molecule has 2 rings (SSSR count). The first-order valence-electron chi connectivity index (χ1n) is 7.49. The van der Waals surface area contributed by atoms with Crippen LogP contribution in [0.4, 0.5) is 5.69 Å². The van der Waals surface area contributed by atoms with Crippen LogP contribution in [-0.2, 0) is 14.6 Å². The van der Waals surface area contributed by atoms with Gasteiger partial charge >= 0.3 is 0 Å². The Morgan fingerprint density at radius 2 is 1.68 bits per heavy atom. The highest BCUT2D eigenvalue weighted by Gasteiger charge is 2.25. The summed E-state index contributed by atoms with van der Waals surface area (Å²) in [7, 11) is -3.10. The number of anilines is 1. The number of rotatable bonds is 5. The fourth-order valence-electron chi connectivity index (χ4n) is 2.54. The first-order chi connectivity index (χ1) is 10.8. The highest BCUT2D eigenvalue weighted by atomic mass is 35.5. The van der Waals surface area contributed by atoms with Gasteiger partial charge in [0.1, 0.15) is 9.84 Å². The van der Waals surface area contributed by atoms with Crippen LogP contribution in [0.3, 0.4) is 0 Å². The van der Waals surface area contributed by atoms with Gasteiger partial charge < -0.3 is 15.5 Å². The number of benzene rings is 1. The standard InChI is InChI=1S/C15H22ClN3O3S.2ClH/c1-23(21,22)11-6-14(17)15(20)19-9-7-18(8-10-19)13-4-2-12(16)3-5-13;;/h2-5,14H,6-11,17H2,1H3;2*1H. The van der Waals surface area contributed by atoms with Gasteiger partial charge in [0.2, 0.25) is 5.91 Å². The molecule has 0 spiro atoms. The van der Waals surface area contributed by atoms with E-state index in [1.165, 1.54) is 0 Å². The van der Waals surface area contributed by atoms with Gasteiger partial charge in [0.15, 0.2) is 0 Å². The second-order valence-electron chi connectivity index (χ2n) is 5.81. The molecule has 25 heavy (non-hydrogen) atoms. The van der Waals surface area contributed by atoms with Crippen molar-refractivity contribution in [3.05, 3.63) is 29.3 Å². The average molecular weight is 433 g/mol. The third-order valence-electron chi connectivity index (χ3n) is 3.90. The molecule has 1 aliphatic heterocycles. The molecule has 0 radical (unpaired) electrons. The molecule has 1 amide bonds. The van der Waals surface area contributed by atoms with E-state index >= 15 is 0 Å². The Morgan fingerprint density at radius 1 is 1.16 bits per heavy atom. The Labute approximate surface area is 166 Å². The lowest BCUT2D eigenvalue weighted by molar-refractivity contribution is -0.132. The zero-order chi connectivity index (χ0) is 17.0. The molecule has 1 saturated heterocycles. The highest BCUT2D eigenvalue weighted by Crippen LogP contribution is 2.19. The largest absolute Gasteiger partial charge is 0.368 e. The van der Waals surface area contributed by atoms with E-state index in [-0.39, 0.29) is 42.9 Å². The SMILES string of the molecule is CS(=O)(=O)CCC(N)C(=O)N1CCN(c2ccc(Cl)cc2)CC1.Cl.Cl. The maximum absolute atomic E-state index is 12.3. The summed E-state index contributed by atoms with van der Waals surface area (Å²) in [5.74, 6) is -0.241. The summed E-state index contributed by atoms with van der Waals surface area (Å²) in [4.78, 5) is 16.2. The van der Waals surface area contributed by atoms with Crippen molar-refractivity contribution in [2.75, 3.05) is 43.1 Å². The lowest BCUT2D eigenvalue weighted by Crippen LogP contribution is -2.53. The lowest BCUT2D eigenvalue weighted by atomic mass is 10.2. The fourth-order valence-corrected chi connectivity index (χ4v) is 3.34. The van der Waals surface area contributed by atoms with E-state index in [1.807, 2.05) is 24.3 Å². The van der Waals surface area contributed by atoms with Gasteiger partial charge in [-0.3, -0.25) is 4.79 Å². The van der Waals surface area contributed by atoms with Crippen molar-refractivity contribution in [2.24, 2.45) is 5.73 Å². The van der Waals surface area contributed by atoms with Crippen molar-refractivity contribution in [1.82, 2.24) is 4.90 Å². The van der Waals surface area contributed by atoms with Crippen LogP contribution in [0.25, 0.3) is 0 Å². The van der Waals surface area contributed by atoms with E-state index in [4.69, 9.17) is 17.3 Å². The molecule has 1 aromatic carbocycles. The Morgan fingerprint density at radius 3 is 2.16 bits per heavy atom. The first-order valence-corrected chi connectivity index (χ1v) is 9.93. The molecule has 6 nitrogen and oxygen atoms in total. The van der Waals surface area contributed by atoms with Crippen LogP contribution in [0.5, 0.6) is 0 Å². The highest BCUT2D eigenvalue weighted by molar-refractivity contribution is 7.90. The maximum atomic E-state index is 12.3. The van der Waals surface area contributed by atoms with Crippen molar-refractivity contribution in [2.45, 2.75) is 12.5 Å². The molecule has 10 heteroatoms. The minimum absolute atomic E-state index is 0. The number of hydrogen-bond acceptors (Lipinski definition) is 5. The molecule has 0 aromatic heterocycles. The fraction of sp³-hybridized carbons (Fsp3) is 0.533. The van der Waals surface area contributed by atoms with E-state index in [1.54, 1.807) is 4.90 Å². The molecule has 144 valence electrons. The predicted molar refractivity (Wildman–Crippen MR) is 107 cm³/mol. The third-order valence-corrected chi connectivity index (χ3v) is 5.13. The first kappa shape index (κ1) is 24.3. The van der Waals surface area contributed by atoms with Crippen LogP contribution < -0.4 is 10.6 Å². The number of carbonyl (C=O) groups is 1. The van der Waals surface area contributed by atoms with Crippen LogP contribution in [0.15, 0.2) is 24.3 Å². The molecule has 1 unspecified atom stereocenters. The Kier molecular flexibility index (Phi) is 10.1. The Bertz CT molecular complexity index is 648. The van der Waals surface area contributed by atoms with Gasteiger partial charge in [-0.05, 0) is 30.7 Å². The monoisotopic (exact) mass is 431 g/mol. The summed E-state index contributed by atoms with van der Waals surface area (Å²) in [6, 6.07) is 6.84. The van der Waals surface area contributed by atoms with Crippen molar-refractivity contribution < 1.29 is 13.2 Å². The van der Waals surface area contributed by atoms with Gasteiger partial charge in [0.05, 0.1) is 11.8 Å². The molecule has 1 fully saturated rings. The summed E-state index contributed by atoms with van der Waals surface area (Å²) < 4.78 is 22.3. The number of amides is 1. The molecule has 1 atom stereocenters. The Balaban J connectivity index is 0.00000288. The van der Waals surface area contributed by atoms with Crippen LogP contribution in [0.1, 0.15) is 6.42 Å². The number of sulfone groups is 1. The van der Waals surface area contributed by atoms with Crippen LogP contribution in [0.2, 0.25) is 5.02 Å². The topological polar surface area (TPSA) is 83.7 Å². The number of carbonyl (C=O) groups excluding carboxylic acids is 1. The number of piperazine rings is 1. The van der Waals surface area contributed by atoms with Crippen molar-refractivity contribution >= 4 is 57.8 Å². The van der Waals surface area contributed by atoms with Crippen LogP contribution in [0, 0.1) is 0 Å². The zero-order valence-corrected chi connectivity index (χ0v) is 17.1. The minimum atomic E-state index is -3.10. The smallest absolute Gasteiger partial charge is 0.239 e. The predicted octanol–water partition coefficient (Wildman–Crippen LogP) is 1.59. The van der Waals surface area contributed by atoms with Crippen molar-refractivity contribution in [3.63, 3.8) is 0 Å². The Hall–Kier alpha value is -0.730. The third kappa shape index (κ3) is 7.58. The van der Waals surface area contributed by atoms with E-state index in [0.717, 1.165) is 11.9 Å². The molecule has 1 aromatic rings. The second kappa shape index (κ2) is 10.4. The molecular formula is C15H24Cl3N3O3S. The molecule has 0 bridgehead atoms. The van der Waals surface area contributed by atoms with E-state index in [2.05, 4.69) is 4.90 Å². The number of halogens is 3. The number of hydrogen-bond donors (Lipinski definition) is 1. The van der Waals surface area contributed by atoms with Gasteiger partial charge in [0.25, 0.3) is 0 Å². The zero-order valence-electron chi connectivity index (χ0n) is 13.9. The minimum Gasteiger partial charge on any atom is -0.368 e. The molecule has 2 N–H and O–H groups in total. The van der Waals surface area contributed by atoms with Gasteiger partial charge in [-0.15, -0.1) is 24.8 Å². The summed E-state index contributed by atoms with van der Waals surface area (Å²) in [6.45, 7) is 2.58. The second-order valence-corrected chi connectivity index (χ2v) is 8.51. The molecule has 0 saturated carbocycles. The number of nitrogens with zero attached hydrogens (tertiary/aromatic N) is 2. The number of nitrogens with two attached hydrogens (primary N) is 1. The maximum Gasteiger partial charge on any atom is 0.239 e. The average Bonchev–Trinajstić information content (AvgIpc) is 2.52. The van der Waals surface area contributed by atoms with Crippen molar-refractivity contribution in [3.8, 4) is 0 Å². The quantitative estimate of drug-likeness (QED) is 0.764. The normalized spacial score (nSPS) is 15.8. The van der Waals surface area contributed by atoms with Crippen LogP contribution >= 0.6 is 36.4 Å². The summed E-state index contributed by atoms with van der Waals surface area (Å²) in [5, 5.41) is 0.694. The lowest BCUT2D eigenvalue weighted by Gasteiger charge is -2.37. The molecule has 1 aliphatic rings. The van der Waals surface area contributed by atoms with Gasteiger partial charge in [-0.25, -0.2) is 8.42 Å². The summed E-state index contributed by atoms with van der Waals surface area (Å²) in [6.07, 6.45) is 1.31. The van der Waals surface area contributed by atoms with E-state index in [0.29, 0.717) is 31.2 Å². The van der Waals surface area contributed by atoms with Gasteiger partial charge in [-0.2, -0.15) is 0 Å². The van der Waals surface area contributed by atoms with Crippen molar-refractivity contribution in [1.29, 1.82) is 0 Å². The van der Waals surface area contributed by atoms with Gasteiger partial charge in [0, 0.05) is 43.1 Å². The molecule has 0 aliphatic carbocycles. The van der Waals surface area contributed by atoms with Crippen LogP contribution in [-0.4, -0.2) is 63.5 Å². The summed E-state index contributed by atoms with van der Waals surface area (Å²) in [5.41, 5.74) is 6.91. The molecule has 1 heterocycles. The van der Waals surface area contributed by atoms with Gasteiger partial charge in [-0.1, -0.05) is 11.6 Å². The summed E-state index contributed by atoms with van der Waals surface area (Å²) >= 11 is 5.88. The molecular weight excluding hydrogens is 409 g/mol. The van der Waals surface area contributed by atoms with E-state index < -0.39 is 15.9 Å².